The van der Waals surface area contributed by atoms with Crippen molar-refractivity contribution in [1.29, 1.82) is 0 Å². The summed E-state index contributed by atoms with van der Waals surface area (Å²) in [6.45, 7) is 0.959. The zero-order valence-electron chi connectivity index (χ0n) is 5.66. The molecule has 1 atom stereocenters. The van der Waals surface area contributed by atoms with Gasteiger partial charge < -0.3 is 5.32 Å². The maximum Gasteiger partial charge on any atom is 0.250 e. The quantitative estimate of drug-likeness (QED) is 0.586. The molecular weight excluding hydrogens is 140 g/mol. The van der Waals surface area contributed by atoms with Crippen LogP contribution in [0.1, 0.15) is 13.3 Å². The van der Waals surface area contributed by atoms with Gasteiger partial charge in [0, 0.05) is 18.9 Å². The first-order valence-corrected chi connectivity index (χ1v) is 3.14. The molecule has 4 heteroatoms. The highest BCUT2D eigenvalue weighted by atomic mass is 19.3. The summed E-state index contributed by atoms with van der Waals surface area (Å²) < 4.78 is 24.8. The molecule has 1 rings (SSSR count). The average Bonchev–Trinajstić information content (AvgIpc) is 2.11. The summed E-state index contributed by atoms with van der Waals surface area (Å²) in [7, 11) is 0. The van der Waals surface area contributed by atoms with E-state index < -0.39 is 11.8 Å². The Morgan fingerprint density at radius 2 is 2.30 bits per heavy atom. The number of halogens is 2. The Morgan fingerprint density at radius 1 is 1.70 bits per heavy atom. The topological polar surface area (TPSA) is 29.1 Å². The van der Waals surface area contributed by atoms with Crippen molar-refractivity contribution in [2.75, 3.05) is 6.54 Å². The molecule has 1 aliphatic rings. The molecule has 2 nitrogen and oxygen atoms in total. The number of rotatable bonds is 1. The monoisotopic (exact) mass is 149 g/mol. The highest BCUT2D eigenvalue weighted by molar-refractivity contribution is 5.78. The van der Waals surface area contributed by atoms with Crippen molar-refractivity contribution >= 4 is 5.91 Å². The van der Waals surface area contributed by atoms with Crippen LogP contribution in [0.3, 0.4) is 0 Å². The van der Waals surface area contributed by atoms with Gasteiger partial charge in [0.05, 0.1) is 0 Å². The van der Waals surface area contributed by atoms with E-state index in [1.54, 1.807) is 0 Å². The van der Waals surface area contributed by atoms with Crippen molar-refractivity contribution < 1.29 is 13.6 Å². The first kappa shape index (κ1) is 7.44. The standard InChI is InChI=1S/C6H9F2NO/c1-6(7,8)4-2-5(10)9-3-4/h4H,2-3H2,1H3,(H,9,10). The van der Waals surface area contributed by atoms with Gasteiger partial charge in [-0.3, -0.25) is 4.79 Å². The Bertz CT molecular complexity index is 152. The largest absolute Gasteiger partial charge is 0.356 e. The Kier molecular flexibility index (Phi) is 1.62. The van der Waals surface area contributed by atoms with E-state index in [-0.39, 0.29) is 18.9 Å². The van der Waals surface area contributed by atoms with Crippen LogP contribution >= 0.6 is 0 Å². The lowest BCUT2D eigenvalue weighted by Gasteiger charge is -2.15. The summed E-state index contributed by atoms with van der Waals surface area (Å²) in [5.74, 6) is -3.80. The van der Waals surface area contributed by atoms with Gasteiger partial charge in [-0.15, -0.1) is 0 Å². The number of amides is 1. The molecule has 0 aliphatic carbocycles. The number of hydrogen-bond donors (Lipinski definition) is 1. The molecule has 1 fully saturated rings. The lowest BCUT2D eigenvalue weighted by molar-refractivity contribution is -0.120. The second kappa shape index (κ2) is 2.18. The Labute approximate surface area is 57.6 Å². The molecule has 1 heterocycles. The van der Waals surface area contributed by atoms with Crippen LogP contribution in [0.25, 0.3) is 0 Å². The van der Waals surface area contributed by atoms with E-state index >= 15 is 0 Å². The van der Waals surface area contributed by atoms with Crippen molar-refractivity contribution in [1.82, 2.24) is 5.32 Å². The normalized spacial score (nSPS) is 26.7. The number of alkyl halides is 2. The molecule has 0 spiro atoms. The fourth-order valence-electron chi connectivity index (χ4n) is 0.964. The predicted molar refractivity (Wildman–Crippen MR) is 31.7 cm³/mol. The molecule has 0 aromatic carbocycles. The van der Waals surface area contributed by atoms with Gasteiger partial charge in [-0.2, -0.15) is 0 Å². The average molecular weight is 149 g/mol. The number of carbonyl (C=O) groups excluding carboxylic acids is 1. The molecule has 0 bridgehead atoms. The van der Waals surface area contributed by atoms with Crippen LogP contribution < -0.4 is 5.32 Å². The van der Waals surface area contributed by atoms with Gasteiger partial charge >= 0.3 is 0 Å². The maximum absolute atomic E-state index is 12.4. The highest BCUT2D eigenvalue weighted by Gasteiger charge is 2.39. The van der Waals surface area contributed by atoms with Gasteiger partial charge in [0.25, 0.3) is 0 Å². The van der Waals surface area contributed by atoms with Gasteiger partial charge in [0.2, 0.25) is 11.8 Å². The zero-order chi connectivity index (χ0) is 7.78. The van der Waals surface area contributed by atoms with Gasteiger partial charge in [-0.1, -0.05) is 0 Å². The van der Waals surface area contributed by atoms with Crippen molar-refractivity contribution in [2.45, 2.75) is 19.3 Å². The summed E-state index contributed by atoms with van der Waals surface area (Å²) in [4.78, 5) is 10.5. The van der Waals surface area contributed by atoms with Gasteiger partial charge in [0.1, 0.15) is 0 Å². The highest BCUT2D eigenvalue weighted by Crippen LogP contribution is 2.28. The Hall–Kier alpha value is -0.670. The predicted octanol–water partition coefficient (Wildman–Crippen LogP) is 0.778. The van der Waals surface area contributed by atoms with E-state index in [1.807, 2.05) is 0 Å². The van der Waals surface area contributed by atoms with E-state index in [9.17, 15) is 13.6 Å². The minimum atomic E-state index is -2.72. The number of nitrogens with one attached hydrogen (secondary N) is 1. The van der Waals surface area contributed by atoms with Crippen LogP contribution in [0.2, 0.25) is 0 Å². The molecule has 0 aromatic rings. The van der Waals surface area contributed by atoms with E-state index in [0.29, 0.717) is 0 Å². The van der Waals surface area contributed by atoms with Gasteiger partial charge in [0.15, 0.2) is 0 Å². The summed E-state index contributed by atoms with van der Waals surface area (Å²) in [6, 6.07) is 0. The smallest absolute Gasteiger partial charge is 0.250 e. The zero-order valence-corrected chi connectivity index (χ0v) is 5.66. The van der Waals surface area contributed by atoms with Crippen molar-refractivity contribution in [3.05, 3.63) is 0 Å². The van der Waals surface area contributed by atoms with Crippen LogP contribution in [-0.2, 0) is 4.79 Å². The van der Waals surface area contributed by atoms with E-state index in [0.717, 1.165) is 6.92 Å². The molecule has 1 saturated heterocycles. The summed E-state index contributed by atoms with van der Waals surface area (Å²) in [5, 5.41) is 2.36. The molecule has 0 saturated carbocycles. The van der Waals surface area contributed by atoms with Crippen LogP contribution in [0.5, 0.6) is 0 Å². The molecule has 1 N–H and O–H groups in total. The minimum absolute atomic E-state index is 0.0382. The van der Waals surface area contributed by atoms with E-state index in [4.69, 9.17) is 0 Å². The van der Waals surface area contributed by atoms with Crippen molar-refractivity contribution in [3.8, 4) is 0 Å². The molecule has 10 heavy (non-hydrogen) atoms. The number of hydrogen-bond acceptors (Lipinski definition) is 1. The summed E-state index contributed by atoms with van der Waals surface area (Å²) in [5.41, 5.74) is 0. The fourth-order valence-corrected chi connectivity index (χ4v) is 0.964. The lowest BCUT2D eigenvalue weighted by Crippen LogP contribution is -2.26. The van der Waals surface area contributed by atoms with Gasteiger partial charge in [-0.05, 0) is 6.92 Å². The Morgan fingerprint density at radius 3 is 2.50 bits per heavy atom. The SMILES string of the molecule is CC(F)(F)C1CNC(=O)C1. The number of carbonyl (C=O) groups is 1. The third kappa shape index (κ3) is 1.43. The second-order valence-electron chi connectivity index (χ2n) is 2.66. The van der Waals surface area contributed by atoms with Crippen LogP contribution in [-0.4, -0.2) is 18.4 Å². The first-order valence-electron chi connectivity index (χ1n) is 3.14. The Balaban J connectivity index is 2.53. The second-order valence-corrected chi connectivity index (χ2v) is 2.66. The lowest BCUT2D eigenvalue weighted by atomic mass is 10.0. The molecule has 1 unspecified atom stereocenters. The molecule has 58 valence electrons. The summed E-state index contributed by atoms with van der Waals surface area (Å²) in [6.07, 6.45) is -0.0382. The van der Waals surface area contributed by atoms with Crippen LogP contribution in [0, 0.1) is 5.92 Å². The summed E-state index contributed by atoms with van der Waals surface area (Å²) >= 11 is 0. The first-order chi connectivity index (χ1) is 4.50. The fraction of sp³-hybridized carbons (Fsp3) is 0.833. The maximum atomic E-state index is 12.4. The third-order valence-electron chi connectivity index (χ3n) is 1.69. The molecule has 1 aliphatic heterocycles. The van der Waals surface area contributed by atoms with Crippen LogP contribution in [0.15, 0.2) is 0 Å². The molecule has 1 amide bonds. The molecule has 0 aromatic heterocycles. The van der Waals surface area contributed by atoms with E-state index in [2.05, 4.69) is 5.32 Å². The van der Waals surface area contributed by atoms with E-state index in [1.165, 1.54) is 0 Å². The van der Waals surface area contributed by atoms with Crippen molar-refractivity contribution in [3.63, 3.8) is 0 Å². The third-order valence-corrected chi connectivity index (χ3v) is 1.69. The van der Waals surface area contributed by atoms with Gasteiger partial charge in [-0.25, -0.2) is 8.78 Å². The minimum Gasteiger partial charge on any atom is -0.356 e. The molecule has 0 radical (unpaired) electrons. The van der Waals surface area contributed by atoms with Crippen molar-refractivity contribution in [2.24, 2.45) is 5.92 Å². The van der Waals surface area contributed by atoms with Crippen LogP contribution in [0.4, 0.5) is 8.78 Å². The molecular formula is C6H9F2NO.